The summed E-state index contributed by atoms with van der Waals surface area (Å²) < 4.78 is 0. The molecule has 0 spiro atoms. The van der Waals surface area contributed by atoms with E-state index in [1.54, 1.807) is 16.7 Å². The minimum Gasteiger partial charge on any atom is -0.0683 e. The van der Waals surface area contributed by atoms with Crippen LogP contribution in [-0.2, 0) is 19.3 Å². The molecule has 0 saturated carbocycles. The summed E-state index contributed by atoms with van der Waals surface area (Å²) in [5.74, 6) is 0. The molecule has 90 valence electrons. The largest absolute Gasteiger partial charge is 0.0683 e. The average Bonchev–Trinajstić information content (AvgIpc) is 2.30. The number of benzene rings is 1. The minimum absolute atomic E-state index is 1.28. The summed E-state index contributed by atoms with van der Waals surface area (Å²) in [6.45, 7) is 6.27. The smallest absolute Gasteiger partial charge is 0.0235 e. The van der Waals surface area contributed by atoms with Crippen LogP contribution in [-0.4, -0.2) is 0 Å². The highest BCUT2D eigenvalue weighted by atomic mass is 14.2. The normalized spacial score (nSPS) is 12.2. The van der Waals surface area contributed by atoms with E-state index in [0.29, 0.717) is 0 Å². The van der Waals surface area contributed by atoms with Crippen LogP contribution in [0, 0.1) is 0 Å². The van der Waals surface area contributed by atoms with E-state index in [9.17, 15) is 0 Å². The summed E-state index contributed by atoms with van der Waals surface area (Å²) in [4.78, 5) is 0. The van der Waals surface area contributed by atoms with Gasteiger partial charge in [0, 0.05) is 0 Å². The summed E-state index contributed by atoms with van der Waals surface area (Å²) in [7, 11) is 0. The van der Waals surface area contributed by atoms with Crippen molar-refractivity contribution in [2.24, 2.45) is 0 Å². The van der Waals surface area contributed by atoms with Crippen LogP contribution in [0.3, 0.4) is 0 Å². The summed E-state index contributed by atoms with van der Waals surface area (Å²) in [6, 6.07) is 7.07. The van der Waals surface area contributed by atoms with E-state index in [-0.39, 0.29) is 0 Å². The van der Waals surface area contributed by atoms with Crippen LogP contribution < -0.4 is 0 Å². The molecular formula is C16H26. The molecule has 0 N–H and O–H groups in total. The first-order chi connectivity index (χ1) is 7.90. The molecule has 2 rings (SSSR count). The topological polar surface area (TPSA) is 0 Å². The maximum absolute atomic E-state index is 2.42. The first-order valence-electron chi connectivity index (χ1n) is 7.01. The molecule has 16 heavy (non-hydrogen) atoms. The van der Waals surface area contributed by atoms with Crippen molar-refractivity contribution in [1.82, 2.24) is 0 Å². The van der Waals surface area contributed by atoms with Crippen molar-refractivity contribution in [3.8, 4) is 0 Å². The third kappa shape index (κ3) is 3.66. The third-order valence-electron chi connectivity index (χ3n) is 3.25. The Labute approximate surface area is 101 Å². The quantitative estimate of drug-likeness (QED) is 0.614. The van der Waals surface area contributed by atoms with Gasteiger partial charge in [0.1, 0.15) is 0 Å². The van der Waals surface area contributed by atoms with Gasteiger partial charge in [-0.1, -0.05) is 58.2 Å². The van der Waals surface area contributed by atoms with Crippen molar-refractivity contribution in [2.45, 2.75) is 65.7 Å². The van der Waals surface area contributed by atoms with E-state index in [0.717, 1.165) is 0 Å². The molecule has 0 saturated heterocycles. The summed E-state index contributed by atoms with van der Waals surface area (Å²) >= 11 is 0. The lowest BCUT2D eigenvalue weighted by Gasteiger charge is -2.19. The molecule has 0 radical (unpaired) electrons. The number of aryl methyl sites for hydroxylation is 3. The van der Waals surface area contributed by atoms with Gasteiger partial charge in [-0.2, -0.15) is 0 Å². The minimum atomic E-state index is 1.28. The van der Waals surface area contributed by atoms with E-state index in [2.05, 4.69) is 25.1 Å². The Morgan fingerprint density at radius 2 is 1.69 bits per heavy atom. The van der Waals surface area contributed by atoms with Crippen molar-refractivity contribution < 1.29 is 0 Å². The summed E-state index contributed by atoms with van der Waals surface area (Å²) in [5.41, 5.74) is 4.75. The van der Waals surface area contributed by atoms with Gasteiger partial charge in [-0.05, 0) is 42.4 Å². The second kappa shape index (κ2) is 7.49. The van der Waals surface area contributed by atoms with E-state index in [1.165, 1.54) is 44.9 Å². The highest BCUT2D eigenvalue weighted by Crippen LogP contribution is 2.24. The highest BCUT2D eigenvalue weighted by Gasteiger charge is 2.12. The molecule has 0 heteroatoms. The Bertz CT molecular complexity index is 299. The third-order valence-corrected chi connectivity index (χ3v) is 3.25. The van der Waals surface area contributed by atoms with E-state index < -0.39 is 0 Å². The maximum atomic E-state index is 2.42. The highest BCUT2D eigenvalue weighted by molar-refractivity contribution is 5.38. The number of rotatable bonds is 5. The molecule has 0 amide bonds. The molecule has 0 aliphatic heterocycles. The molecule has 1 aliphatic rings. The number of unbranched alkanes of at least 4 members (excludes halogenated alkanes) is 3. The van der Waals surface area contributed by atoms with Gasteiger partial charge in [-0.3, -0.25) is 0 Å². The Balaban J connectivity index is 0.000000606. The fourth-order valence-corrected chi connectivity index (χ4v) is 2.16. The predicted octanol–water partition coefficient (Wildman–Crippen LogP) is 4.93. The Morgan fingerprint density at radius 3 is 2.25 bits per heavy atom. The van der Waals surface area contributed by atoms with Gasteiger partial charge in [-0.15, -0.1) is 0 Å². The number of hydrogen-bond acceptors (Lipinski definition) is 0. The first-order valence-corrected chi connectivity index (χ1v) is 7.01. The number of hydrogen-bond donors (Lipinski definition) is 0. The standard InChI is InChI=1S/C14H20.C2H6/c1-2-3-4-5-6-12-7-8-13-9-10-14(13)11-12;1-2/h7-8,11H,2-6,9-10H2,1H3;1-2H3. The molecule has 0 bridgehead atoms. The van der Waals surface area contributed by atoms with Crippen LogP contribution in [0.4, 0.5) is 0 Å². The van der Waals surface area contributed by atoms with Gasteiger partial charge in [0.15, 0.2) is 0 Å². The fourth-order valence-electron chi connectivity index (χ4n) is 2.16. The Morgan fingerprint density at radius 1 is 0.938 bits per heavy atom. The van der Waals surface area contributed by atoms with Crippen LogP contribution in [0.15, 0.2) is 18.2 Å². The summed E-state index contributed by atoms with van der Waals surface area (Å²) in [5, 5.41) is 0. The predicted molar refractivity (Wildman–Crippen MR) is 73.0 cm³/mol. The Kier molecular flexibility index (Phi) is 6.22. The maximum Gasteiger partial charge on any atom is -0.0235 e. The van der Waals surface area contributed by atoms with Gasteiger partial charge in [-0.25, -0.2) is 0 Å². The van der Waals surface area contributed by atoms with Gasteiger partial charge in [0.25, 0.3) is 0 Å². The van der Waals surface area contributed by atoms with E-state index >= 15 is 0 Å². The zero-order chi connectivity index (χ0) is 11.8. The van der Waals surface area contributed by atoms with Crippen molar-refractivity contribution in [2.75, 3.05) is 0 Å². The molecule has 1 aromatic carbocycles. The van der Waals surface area contributed by atoms with Crippen molar-refractivity contribution >= 4 is 0 Å². The lowest BCUT2D eigenvalue weighted by atomic mass is 9.86. The van der Waals surface area contributed by atoms with Crippen LogP contribution in [0.5, 0.6) is 0 Å². The van der Waals surface area contributed by atoms with Gasteiger partial charge in [0.2, 0.25) is 0 Å². The van der Waals surface area contributed by atoms with Crippen LogP contribution >= 0.6 is 0 Å². The molecule has 0 heterocycles. The van der Waals surface area contributed by atoms with Crippen LogP contribution in [0.2, 0.25) is 0 Å². The number of fused-ring (bicyclic) bond motifs is 1. The molecule has 0 atom stereocenters. The lowest BCUT2D eigenvalue weighted by molar-refractivity contribution is 0.665. The molecule has 0 fully saturated rings. The SMILES string of the molecule is CC.CCCCCCc1ccc2c(c1)CC2. The molecule has 0 unspecified atom stereocenters. The molecule has 1 aliphatic carbocycles. The molecule has 0 aromatic heterocycles. The van der Waals surface area contributed by atoms with E-state index in [4.69, 9.17) is 0 Å². The Hall–Kier alpha value is -0.780. The second-order valence-electron chi connectivity index (χ2n) is 4.41. The zero-order valence-electron chi connectivity index (χ0n) is 11.2. The summed E-state index contributed by atoms with van der Waals surface area (Å²) in [6.07, 6.45) is 9.41. The van der Waals surface area contributed by atoms with Gasteiger partial charge >= 0.3 is 0 Å². The lowest BCUT2D eigenvalue weighted by Crippen LogP contribution is -2.08. The van der Waals surface area contributed by atoms with Gasteiger partial charge < -0.3 is 0 Å². The van der Waals surface area contributed by atoms with Crippen molar-refractivity contribution in [3.05, 3.63) is 34.9 Å². The monoisotopic (exact) mass is 218 g/mol. The molecule has 1 aromatic rings. The fraction of sp³-hybridized carbons (Fsp3) is 0.625. The van der Waals surface area contributed by atoms with Crippen molar-refractivity contribution in [3.63, 3.8) is 0 Å². The van der Waals surface area contributed by atoms with Crippen LogP contribution in [0.1, 0.15) is 63.1 Å². The molecular weight excluding hydrogens is 192 g/mol. The molecule has 0 nitrogen and oxygen atoms in total. The second-order valence-corrected chi connectivity index (χ2v) is 4.41. The van der Waals surface area contributed by atoms with Crippen molar-refractivity contribution in [1.29, 1.82) is 0 Å². The van der Waals surface area contributed by atoms with Gasteiger partial charge in [0.05, 0.1) is 0 Å². The van der Waals surface area contributed by atoms with E-state index in [1.807, 2.05) is 13.8 Å². The van der Waals surface area contributed by atoms with Crippen LogP contribution in [0.25, 0.3) is 0 Å². The first kappa shape index (κ1) is 13.3. The average molecular weight is 218 g/mol. The zero-order valence-corrected chi connectivity index (χ0v) is 11.2.